The molecule has 0 saturated heterocycles. The van der Waals surface area contributed by atoms with E-state index in [-0.39, 0.29) is 22.2 Å². The SMILES string of the molecule is N#Cc1ccc(CN(C(=N)Br)C(=N)SCC(=O)O)c2ccccc12. The van der Waals surface area contributed by atoms with Gasteiger partial charge in [0.05, 0.1) is 23.9 Å². The Hall–Kier alpha value is -2.37. The number of thioether (sulfide) groups is 1. The van der Waals surface area contributed by atoms with Crippen LogP contribution in [0.2, 0.25) is 0 Å². The first-order chi connectivity index (χ1) is 11.4. The van der Waals surface area contributed by atoms with E-state index in [4.69, 9.17) is 15.9 Å². The number of hydrogen-bond donors (Lipinski definition) is 3. The van der Waals surface area contributed by atoms with Crippen molar-refractivity contribution in [1.29, 1.82) is 16.1 Å². The van der Waals surface area contributed by atoms with E-state index in [2.05, 4.69) is 22.0 Å². The lowest BCUT2D eigenvalue weighted by molar-refractivity contribution is -0.133. The first-order valence-electron chi connectivity index (χ1n) is 6.79. The minimum absolute atomic E-state index is 0.0289. The minimum atomic E-state index is -1.02. The Balaban J connectivity index is 2.35. The maximum absolute atomic E-state index is 10.7. The fraction of sp³-hybridized carbons (Fsp3) is 0.125. The molecule has 2 aromatic rings. The highest BCUT2D eigenvalue weighted by Gasteiger charge is 2.17. The van der Waals surface area contributed by atoms with Crippen molar-refractivity contribution in [3.8, 4) is 6.07 Å². The Kier molecular flexibility index (Phi) is 5.95. The molecule has 0 radical (unpaired) electrons. The highest BCUT2D eigenvalue weighted by atomic mass is 79.9. The van der Waals surface area contributed by atoms with E-state index in [1.165, 1.54) is 4.90 Å². The van der Waals surface area contributed by atoms with Crippen molar-refractivity contribution in [2.24, 2.45) is 0 Å². The molecule has 24 heavy (non-hydrogen) atoms. The number of nitrogens with one attached hydrogen (secondary N) is 2. The van der Waals surface area contributed by atoms with Crippen molar-refractivity contribution >= 4 is 54.3 Å². The van der Waals surface area contributed by atoms with Gasteiger partial charge in [-0.15, -0.1) is 0 Å². The molecule has 0 saturated carbocycles. The second kappa shape index (κ2) is 7.95. The highest BCUT2D eigenvalue weighted by molar-refractivity contribution is 9.18. The lowest BCUT2D eigenvalue weighted by Crippen LogP contribution is -2.31. The van der Waals surface area contributed by atoms with E-state index in [0.29, 0.717) is 5.56 Å². The van der Waals surface area contributed by atoms with Gasteiger partial charge in [-0.1, -0.05) is 42.1 Å². The van der Waals surface area contributed by atoms with Crippen molar-refractivity contribution in [2.75, 3.05) is 5.75 Å². The van der Waals surface area contributed by atoms with Gasteiger partial charge in [0.15, 0.2) is 9.91 Å². The summed E-state index contributed by atoms with van der Waals surface area (Å²) in [5, 5.41) is 35.4. The van der Waals surface area contributed by atoms with Crippen LogP contribution < -0.4 is 0 Å². The highest BCUT2D eigenvalue weighted by Crippen LogP contribution is 2.25. The number of carboxylic acid groups (broad SMARTS) is 1. The Bertz CT molecular complexity index is 863. The molecule has 0 aliphatic carbocycles. The fourth-order valence-corrected chi connectivity index (χ4v) is 3.20. The number of amidine groups is 2. The fourth-order valence-electron chi connectivity index (χ4n) is 2.21. The van der Waals surface area contributed by atoms with E-state index in [1.807, 2.05) is 24.3 Å². The summed E-state index contributed by atoms with van der Waals surface area (Å²) in [4.78, 5) is 12.0. The molecule has 0 bridgehead atoms. The Morgan fingerprint density at radius 2 is 1.92 bits per heavy atom. The minimum Gasteiger partial charge on any atom is -0.481 e. The summed E-state index contributed by atoms with van der Waals surface area (Å²) in [6.45, 7) is 0.224. The molecule has 0 aromatic heterocycles. The smallest absolute Gasteiger partial charge is 0.313 e. The van der Waals surface area contributed by atoms with Gasteiger partial charge in [-0.05, 0) is 38.3 Å². The van der Waals surface area contributed by atoms with E-state index < -0.39 is 5.97 Å². The summed E-state index contributed by atoms with van der Waals surface area (Å²) in [6, 6.07) is 13.1. The van der Waals surface area contributed by atoms with Crippen LogP contribution in [0.3, 0.4) is 0 Å². The first kappa shape index (κ1) is 18.0. The van der Waals surface area contributed by atoms with Crippen molar-refractivity contribution in [3.05, 3.63) is 47.5 Å². The van der Waals surface area contributed by atoms with Gasteiger partial charge in [-0.2, -0.15) is 5.26 Å². The molecule has 2 rings (SSSR count). The normalized spacial score (nSPS) is 10.2. The topological polar surface area (TPSA) is 112 Å². The van der Waals surface area contributed by atoms with Crippen molar-refractivity contribution in [1.82, 2.24) is 4.90 Å². The number of benzene rings is 2. The van der Waals surface area contributed by atoms with Crippen LogP contribution in [-0.4, -0.2) is 31.6 Å². The van der Waals surface area contributed by atoms with Crippen LogP contribution in [0, 0.1) is 22.1 Å². The van der Waals surface area contributed by atoms with Crippen LogP contribution in [0.4, 0.5) is 0 Å². The van der Waals surface area contributed by atoms with Crippen molar-refractivity contribution < 1.29 is 9.90 Å². The number of nitrogens with zero attached hydrogens (tertiary/aromatic N) is 2. The zero-order chi connectivity index (χ0) is 17.7. The van der Waals surface area contributed by atoms with Gasteiger partial charge in [0.2, 0.25) is 0 Å². The summed E-state index contributed by atoms with van der Waals surface area (Å²) < 4.78 is -0.0289. The Labute approximate surface area is 151 Å². The zero-order valence-electron chi connectivity index (χ0n) is 12.4. The maximum atomic E-state index is 10.7. The molecule has 0 aliphatic rings. The maximum Gasteiger partial charge on any atom is 0.313 e. The van der Waals surface area contributed by atoms with E-state index in [9.17, 15) is 10.1 Å². The average molecular weight is 405 g/mol. The molecule has 0 spiro atoms. The van der Waals surface area contributed by atoms with Crippen LogP contribution in [0.25, 0.3) is 10.8 Å². The zero-order valence-corrected chi connectivity index (χ0v) is 14.8. The molecule has 8 heteroatoms. The van der Waals surface area contributed by atoms with Gasteiger partial charge in [0.1, 0.15) is 0 Å². The Morgan fingerprint density at radius 1 is 1.25 bits per heavy atom. The second-order valence-electron chi connectivity index (χ2n) is 4.79. The van der Waals surface area contributed by atoms with Crippen LogP contribution in [0.15, 0.2) is 36.4 Å². The predicted molar refractivity (Wildman–Crippen MR) is 98.7 cm³/mol. The van der Waals surface area contributed by atoms with Crippen molar-refractivity contribution in [2.45, 2.75) is 6.54 Å². The molecule has 122 valence electrons. The van der Waals surface area contributed by atoms with Gasteiger partial charge in [-0.25, -0.2) is 0 Å². The van der Waals surface area contributed by atoms with E-state index >= 15 is 0 Å². The molecule has 0 heterocycles. The third kappa shape index (κ3) is 4.13. The van der Waals surface area contributed by atoms with Crippen molar-refractivity contribution in [3.63, 3.8) is 0 Å². The van der Waals surface area contributed by atoms with Gasteiger partial charge in [0, 0.05) is 0 Å². The standard InChI is InChI=1S/C16H13BrN4O2S/c17-15(19)21(16(20)24-9-14(22)23)8-11-6-5-10(7-18)12-3-1-2-4-13(11)12/h1-6,19-20H,8-9H2,(H,22,23). The number of aliphatic carboxylic acids is 1. The number of carboxylic acids is 1. The number of fused-ring (bicyclic) bond motifs is 1. The number of carbonyl (C=O) groups is 1. The number of rotatable bonds is 4. The molecule has 6 nitrogen and oxygen atoms in total. The van der Waals surface area contributed by atoms with Crippen LogP contribution in [0.5, 0.6) is 0 Å². The first-order valence-corrected chi connectivity index (χ1v) is 8.57. The molecular formula is C16H13BrN4O2S. The molecule has 0 amide bonds. The molecular weight excluding hydrogens is 392 g/mol. The van der Waals surface area contributed by atoms with Crippen LogP contribution in [0.1, 0.15) is 11.1 Å². The number of halogens is 1. The molecule has 0 aliphatic heterocycles. The predicted octanol–water partition coefficient (Wildman–Crippen LogP) is 3.60. The van der Waals surface area contributed by atoms with Gasteiger partial charge in [0.25, 0.3) is 0 Å². The Morgan fingerprint density at radius 3 is 2.50 bits per heavy atom. The van der Waals surface area contributed by atoms with Gasteiger partial charge >= 0.3 is 5.97 Å². The van der Waals surface area contributed by atoms with Gasteiger partial charge < -0.3 is 5.11 Å². The number of hydrogen-bond acceptors (Lipinski definition) is 5. The molecule has 2 aromatic carbocycles. The largest absolute Gasteiger partial charge is 0.481 e. The lowest BCUT2D eigenvalue weighted by Gasteiger charge is -2.22. The van der Waals surface area contributed by atoms with Crippen LogP contribution in [-0.2, 0) is 11.3 Å². The summed E-state index contributed by atoms with van der Waals surface area (Å²) in [5.41, 5.74) is 1.40. The molecule has 3 N–H and O–H groups in total. The van der Waals surface area contributed by atoms with E-state index in [1.54, 1.807) is 12.1 Å². The number of nitriles is 1. The quantitative estimate of drug-likeness (QED) is 0.409. The molecule has 0 fully saturated rings. The average Bonchev–Trinajstić information content (AvgIpc) is 2.57. The lowest BCUT2D eigenvalue weighted by atomic mass is 10.00. The van der Waals surface area contributed by atoms with Crippen LogP contribution >= 0.6 is 27.7 Å². The summed E-state index contributed by atoms with van der Waals surface area (Å²) in [5.74, 6) is -1.27. The van der Waals surface area contributed by atoms with Gasteiger partial charge in [-0.3, -0.25) is 20.5 Å². The third-order valence-electron chi connectivity index (χ3n) is 3.28. The summed E-state index contributed by atoms with van der Waals surface area (Å²) >= 11 is 3.89. The summed E-state index contributed by atoms with van der Waals surface area (Å²) in [6.07, 6.45) is 0. The monoisotopic (exact) mass is 404 g/mol. The third-order valence-corrected chi connectivity index (χ3v) is 4.59. The molecule has 0 atom stereocenters. The molecule has 0 unspecified atom stereocenters. The van der Waals surface area contributed by atoms with E-state index in [0.717, 1.165) is 28.1 Å². The summed E-state index contributed by atoms with van der Waals surface area (Å²) in [7, 11) is 0. The second-order valence-corrected chi connectivity index (χ2v) is 6.51.